The van der Waals surface area contributed by atoms with E-state index in [2.05, 4.69) is 22.3 Å². The smallest absolute Gasteiger partial charge is 0.346 e. The number of nitrogens with one attached hydrogen (secondary N) is 1. The number of thiophene rings is 1. The fraction of sp³-hybridized carbons (Fsp3) is 0.360. The van der Waals surface area contributed by atoms with E-state index in [-0.39, 0.29) is 11.8 Å². The third-order valence-electron chi connectivity index (χ3n) is 5.90. The van der Waals surface area contributed by atoms with Crippen molar-refractivity contribution < 1.29 is 19.1 Å². The van der Waals surface area contributed by atoms with Crippen LogP contribution >= 0.6 is 11.3 Å². The first-order valence-electron chi connectivity index (χ1n) is 10.9. The van der Waals surface area contributed by atoms with E-state index in [4.69, 9.17) is 4.42 Å². The van der Waals surface area contributed by atoms with Gasteiger partial charge in [0.1, 0.15) is 16.4 Å². The average Bonchev–Trinajstić information content (AvgIpc) is 3.44. The maximum atomic E-state index is 12.0. The lowest BCUT2D eigenvalue weighted by Gasteiger charge is -2.31. The predicted octanol–water partition coefficient (Wildman–Crippen LogP) is 5.68. The Kier molecular flexibility index (Phi) is 6.77. The summed E-state index contributed by atoms with van der Waals surface area (Å²) in [5.74, 6) is 0.987. The molecule has 4 rings (SSSR count). The average molecular weight is 453 g/mol. The number of carbonyl (C=O) groups is 2. The molecule has 7 heteroatoms. The Morgan fingerprint density at radius 3 is 2.69 bits per heavy atom. The predicted molar refractivity (Wildman–Crippen MR) is 126 cm³/mol. The SMILES string of the molecule is CC(C)C(=O)Nc1cccc(C2CCN(Cc3ccc(-c4ccsc4C(=O)O)o3)CC2)c1. The van der Waals surface area contributed by atoms with E-state index in [1.54, 1.807) is 11.4 Å². The molecule has 3 aromatic rings. The molecular formula is C25H28N2O4S. The van der Waals surface area contributed by atoms with Crippen LogP contribution in [0.15, 0.2) is 52.3 Å². The quantitative estimate of drug-likeness (QED) is 0.482. The number of nitrogens with zero attached hydrogens (tertiary/aromatic N) is 1. The van der Waals surface area contributed by atoms with Gasteiger partial charge in [-0.05, 0) is 73.1 Å². The molecule has 32 heavy (non-hydrogen) atoms. The number of carboxylic acid groups (broad SMARTS) is 1. The zero-order valence-corrected chi connectivity index (χ0v) is 19.2. The molecule has 0 bridgehead atoms. The van der Waals surface area contributed by atoms with Crippen molar-refractivity contribution in [1.29, 1.82) is 0 Å². The van der Waals surface area contributed by atoms with Crippen LogP contribution < -0.4 is 5.32 Å². The Labute approximate surface area is 191 Å². The number of hydrogen-bond acceptors (Lipinski definition) is 5. The Morgan fingerprint density at radius 1 is 1.19 bits per heavy atom. The highest BCUT2D eigenvalue weighted by Gasteiger charge is 2.23. The van der Waals surface area contributed by atoms with Crippen LogP contribution in [0.5, 0.6) is 0 Å². The summed E-state index contributed by atoms with van der Waals surface area (Å²) in [5, 5.41) is 14.1. The molecule has 0 saturated carbocycles. The minimum absolute atomic E-state index is 0.0349. The summed E-state index contributed by atoms with van der Waals surface area (Å²) in [6.45, 7) is 6.42. The molecule has 1 aliphatic rings. The molecule has 0 aliphatic carbocycles. The highest BCUT2D eigenvalue weighted by molar-refractivity contribution is 7.12. The van der Waals surface area contributed by atoms with Gasteiger partial charge in [-0.15, -0.1) is 11.3 Å². The summed E-state index contributed by atoms with van der Waals surface area (Å²) in [6, 6.07) is 13.8. The Hall–Kier alpha value is -2.90. The van der Waals surface area contributed by atoms with E-state index in [1.165, 1.54) is 16.9 Å². The zero-order chi connectivity index (χ0) is 22.7. The van der Waals surface area contributed by atoms with Crippen molar-refractivity contribution in [3.63, 3.8) is 0 Å². The third-order valence-corrected chi connectivity index (χ3v) is 6.81. The van der Waals surface area contributed by atoms with Gasteiger partial charge in [-0.1, -0.05) is 26.0 Å². The standard InChI is InChI=1S/C25H28N2O4S/c1-16(2)24(28)26-19-5-3-4-18(14-19)17-8-11-27(12-9-17)15-20-6-7-22(31-20)21-10-13-32-23(21)25(29)30/h3-7,10,13-14,16-17H,8-9,11-12,15H2,1-2H3,(H,26,28)(H,29,30). The summed E-state index contributed by atoms with van der Waals surface area (Å²) >= 11 is 1.21. The fourth-order valence-corrected chi connectivity index (χ4v) is 4.81. The third kappa shape index (κ3) is 5.11. The van der Waals surface area contributed by atoms with E-state index in [1.807, 2.05) is 38.1 Å². The summed E-state index contributed by atoms with van der Waals surface area (Å²) in [5.41, 5.74) is 2.77. The molecular weight excluding hydrogens is 424 g/mol. The number of amides is 1. The number of carbonyl (C=O) groups excluding carboxylic acids is 1. The Balaban J connectivity index is 1.34. The number of hydrogen-bond donors (Lipinski definition) is 2. The highest BCUT2D eigenvalue weighted by atomic mass is 32.1. The molecule has 2 N–H and O–H groups in total. The first-order valence-corrected chi connectivity index (χ1v) is 11.8. The van der Waals surface area contributed by atoms with Crippen LogP contribution in [0.4, 0.5) is 5.69 Å². The van der Waals surface area contributed by atoms with Crippen molar-refractivity contribution in [2.45, 2.75) is 39.2 Å². The van der Waals surface area contributed by atoms with E-state index >= 15 is 0 Å². The Morgan fingerprint density at radius 2 is 1.97 bits per heavy atom. The van der Waals surface area contributed by atoms with Crippen LogP contribution in [0.3, 0.4) is 0 Å². The number of carboxylic acids is 1. The van der Waals surface area contributed by atoms with Crippen molar-refractivity contribution in [2.75, 3.05) is 18.4 Å². The molecule has 0 spiro atoms. The lowest BCUT2D eigenvalue weighted by molar-refractivity contribution is -0.118. The van der Waals surface area contributed by atoms with Gasteiger partial charge < -0.3 is 14.8 Å². The molecule has 3 heterocycles. The lowest BCUT2D eigenvalue weighted by Crippen LogP contribution is -2.32. The topological polar surface area (TPSA) is 82.8 Å². The molecule has 1 aromatic carbocycles. The number of furan rings is 1. The van der Waals surface area contributed by atoms with Crippen LogP contribution in [0, 0.1) is 5.92 Å². The van der Waals surface area contributed by atoms with Gasteiger partial charge in [0.2, 0.25) is 5.91 Å². The van der Waals surface area contributed by atoms with Gasteiger partial charge in [-0.2, -0.15) is 0 Å². The van der Waals surface area contributed by atoms with Gasteiger partial charge in [0, 0.05) is 17.2 Å². The minimum atomic E-state index is -0.928. The summed E-state index contributed by atoms with van der Waals surface area (Å²) < 4.78 is 5.97. The maximum absolute atomic E-state index is 12.0. The molecule has 6 nitrogen and oxygen atoms in total. The van der Waals surface area contributed by atoms with Gasteiger partial charge in [-0.3, -0.25) is 9.69 Å². The van der Waals surface area contributed by atoms with Crippen LogP contribution in [0.1, 0.15) is 53.6 Å². The first-order chi connectivity index (χ1) is 15.4. The summed E-state index contributed by atoms with van der Waals surface area (Å²) in [7, 11) is 0. The second-order valence-electron chi connectivity index (χ2n) is 8.55. The van der Waals surface area contributed by atoms with Crippen LogP contribution in [-0.2, 0) is 11.3 Å². The number of piperidine rings is 1. The summed E-state index contributed by atoms with van der Waals surface area (Å²) in [6.07, 6.45) is 2.09. The van der Waals surface area contributed by atoms with Crippen LogP contribution in [0.25, 0.3) is 11.3 Å². The van der Waals surface area contributed by atoms with Gasteiger partial charge in [-0.25, -0.2) is 4.79 Å². The summed E-state index contributed by atoms with van der Waals surface area (Å²) in [4.78, 5) is 26.0. The number of aromatic carboxylic acids is 1. The molecule has 1 fully saturated rings. The second-order valence-corrected chi connectivity index (χ2v) is 9.47. The second kappa shape index (κ2) is 9.71. The van der Waals surface area contributed by atoms with Crippen LogP contribution in [-0.4, -0.2) is 35.0 Å². The normalized spacial score (nSPS) is 15.2. The minimum Gasteiger partial charge on any atom is -0.477 e. The molecule has 1 aliphatic heterocycles. The van der Waals surface area contributed by atoms with Gasteiger partial charge in [0.25, 0.3) is 0 Å². The van der Waals surface area contributed by atoms with E-state index in [0.29, 0.717) is 28.7 Å². The van der Waals surface area contributed by atoms with Gasteiger partial charge >= 0.3 is 5.97 Å². The number of likely N-dealkylation sites (tertiary alicyclic amines) is 1. The highest BCUT2D eigenvalue weighted by Crippen LogP contribution is 2.32. The number of benzene rings is 1. The largest absolute Gasteiger partial charge is 0.477 e. The number of anilines is 1. The zero-order valence-electron chi connectivity index (χ0n) is 18.3. The molecule has 1 saturated heterocycles. The molecule has 2 aromatic heterocycles. The Bertz CT molecular complexity index is 1090. The monoisotopic (exact) mass is 452 g/mol. The van der Waals surface area contributed by atoms with Crippen molar-refractivity contribution in [3.05, 3.63) is 64.0 Å². The van der Waals surface area contributed by atoms with Gasteiger partial charge in [0.15, 0.2) is 0 Å². The molecule has 0 atom stereocenters. The maximum Gasteiger partial charge on any atom is 0.346 e. The van der Waals surface area contributed by atoms with Crippen molar-refractivity contribution >= 4 is 28.9 Å². The van der Waals surface area contributed by atoms with E-state index in [0.717, 1.165) is 37.4 Å². The van der Waals surface area contributed by atoms with Gasteiger partial charge in [0.05, 0.1) is 6.54 Å². The van der Waals surface area contributed by atoms with E-state index < -0.39 is 5.97 Å². The van der Waals surface area contributed by atoms with E-state index in [9.17, 15) is 14.7 Å². The van der Waals surface area contributed by atoms with Crippen molar-refractivity contribution in [2.24, 2.45) is 5.92 Å². The van der Waals surface area contributed by atoms with Crippen molar-refractivity contribution in [1.82, 2.24) is 4.90 Å². The molecule has 0 unspecified atom stereocenters. The molecule has 0 radical (unpaired) electrons. The van der Waals surface area contributed by atoms with Crippen LogP contribution in [0.2, 0.25) is 0 Å². The molecule has 1 amide bonds. The lowest BCUT2D eigenvalue weighted by atomic mass is 9.89. The number of rotatable bonds is 7. The first kappa shape index (κ1) is 22.3. The van der Waals surface area contributed by atoms with Crippen molar-refractivity contribution in [3.8, 4) is 11.3 Å². The fourth-order valence-electron chi connectivity index (χ4n) is 4.08. The molecule has 168 valence electrons.